The topological polar surface area (TPSA) is 63.3 Å². The molecular weight excluding hydrogens is 395 g/mol. The Labute approximate surface area is 178 Å². The highest BCUT2D eigenvalue weighted by atomic mass is 35.5. The molecule has 152 valence electrons. The van der Waals surface area contributed by atoms with Crippen molar-refractivity contribution in [3.63, 3.8) is 0 Å². The van der Waals surface area contributed by atoms with E-state index in [4.69, 9.17) is 5.73 Å². The summed E-state index contributed by atoms with van der Waals surface area (Å²) in [6.45, 7) is 1.86. The van der Waals surface area contributed by atoms with Crippen molar-refractivity contribution in [2.24, 2.45) is 5.73 Å². The summed E-state index contributed by atoms with van der Waals surface area (Å²) in [5, 5.41) is 4.11. The molecular formula is C21H28Cl2N4O. The van der Waals surface area contributed by atoms with Crippen LogP contribution in [0.25, 0.3) is 10.9 Å². The zero-order chi connectivity index (χ0) is 18.5. The molecule has 0 aliphatic carbocycles. The Morgan fingerprint density at radius 1 is 1.11 bits per heavy atom. The number of anilines is 1. The van der Waals surface area contributed by atoms with Crippen molar-refractivity contribution >= 4 is 47.3 Å². The quantitative estimate of drug-likeness (QED) is 0.611. The minimum Gasteiger partial charge on any atom is -0.346 e. The van der Waals surface area contributed by atoms with Crippen LogP contribution in [0.4, 0.5) is 5.69 Å². The van der Waals surface area contributed by atoms with Crippen molar-refractivity contribution in [3.05, 3.63) is 66.4 Å². The first-order chi connectivity index (χ1) is 12.5. The molecule has 1 aromatic heterocycles. The van der Waals surface area contributed by atoms with E-state index in [0.717, 1.165) is 35.2 Å². The van der Waals surface area contributed by atoms with E-state index in [-0.39, 0.29) is 30.7 Å². The SMILES string of the molecule is CN(C)CCn1ccc2ccc(NC(=O)C(N)Cc3ccccc3)cc21.Cl.Cl. The van der Waals surface area contributed by atoms with Crippen LogP contribution >= 0.6 is 24.8 Å². The highest BCUT2D eigenvalue weighted by molar-refractivity contribution is 5.96. The number of nitrogens with one attached hydrogen (secondary N) is 1. The number of aromatic nitrogens is 1. The van der Waals surface area contributed by atoms with Crippen LogP contribution in [-0.4, -0.2) is 42.1 Å². The van der Waals surface area contributed by atoms with E-state index >= 15 is 0 Å². The van der Waals surface area contributed by atoms with Gasteiger partial charge in [-0.1, -0.05) is 36.4 Å². The van der Waals surface area contributed by atoms with Gasteiger partial charge in [-0.05, 0) is 49.7 Å². The van der Waals surface area contributed by atoms with Crippen LogP contribution in [0.3, 0.4) is 0 Å². The van der Waals surface area contributed by atoms with Gasteiger partial charge in [0, 0.05) is 25.0 Å². The standard InChI is InChI=1S/C21H26N4O.2ClH/c1-24(2)12-13-25-11-10-17-8-9-18(15-20(17)25)23-21(26)19(22)14-16-6-4-3-5-7-16;;/h3-11,15,19H,12-14,22H2,1-2H3,(H,23,26);2*1H. The first-order valence-corrected chi connectivity index (χ1v) is 8.87. The predicted octanol–water partition coefficient (Wildman–Crippen LogP) is 3.56. The summed E-state index contributed by atoms with van der Waals surface area (Å²) >= 11 is 0. The maximum atomic E-state index is 12.4. The molecule has 1 unspecified atom stereocenters. The molecule has 0 bridgehead atoms. The summed E-state index contributed by atoms with van der Waals surface area (Å²) in [5.74, 6) is -0.167. The molecule has 3 rings (SSSR count). The lowest BCUT2D eigenvalue weighted by Gasteiger charge is -2.14. The van der Waals surface area contributed by atoms with Gasteiger partial charge in [-0.3, -0.25) is 4.79 Å². The molecule has 2 aromatic carbocycles. The summed E-state index contributed by atoms with van der Waals surface area (Å²) < 4.78 is 2.20. The van der Waals surface area contributed by atoms with Gasteiger partial charge in [0.15, 0.2) is 0 Å². The first-order valence-electron chi connectivity index (χ1n) is 8.87. The second-order valence-corrected chi connectivity index (χ2v) is 6.87. The number of likely N-dealkylation sites (N-methyl/N-ethyl adjacent to an activating group) is 1. The maximum absolute atomic E-state index is 12.4. The minimum atomic E-state index is -0.575. The van der Waals surface area contributed by atoms with Gasteiger partial charge in [0.25, 0.3) is 0 Å². The van der Waals surface area contributed by atoms with Gasteiger partial charge in [-0.15, -0.1) is 24.8 Å². The molecule has 0 aliphatic heterocycles. The monoisotopic (exact) mass is 422 g/mol. The smallest absolute Gasteiger partial charge is 0.241 e. The highest BCUT2D eigenvalue weighted by Gasteiger charge is 2.14. The number of hydrogen-bond donors (Lipinski definition) is 2. The molecule has 5 nitrogen and oxygen atoms in total. The fourth-order valence-electron chi connectivity index (χ4n) is 2.96. The average Bonchev–Trinajstić information content (AvgIpc) is 3.03. The van der Waals surface area contributed by atoms with Gasteiger partial charge in [0.2, 0.25) is 5.91 Å². The summed E-state index contributed by atoms with van der Waals surface area (Å²) in [6.07, 6.45) is 2.61. The number of benzene rings is 2. The Bertz CT molecular complexity index is 881. The van der Waals surface area contributed by atoms with E-state index in [1.165, 1.54) is 0 Å². The van der Waals surface area contributed by atoms with Crippen LogP contribution in [0.5, 0.6) is 0 Å². The van der Waals surface area contributed by atoms with Crippen molar-refractivity contribution in [2.75, 3.05) is 26.0 Å². The number of halogens is 2. The third-order valence-corrected chi connectivity index (χ3v) is 4.46. The number of nitrogens with zero attached hydrogens (tertiary/aromatic N) is 2. The van der Waals surface area contributed by atoms with E-state index in [0.29, 0.717) is 6.42 Å². The molecule has 0 radical (unpaired) electrons. The molecule has 3 N–H and O–H groups in total. The zero-order valence-electron chi connectivity index (χ0n) is 16.2. The number of rotatable bonds is 7. The third kappa shape index (κ3) is 6.24. The summed E-state index contributed by atoms with van der Waals surface area (Å²) in [7, 11) is 4.12. The van der Waals surface area contributed by atoms with Crippen molar-refractivity contribution in [1.29, 1.82) is 0 Å². The maximum Gasteiger partial charge on any atom is 0.241 e. The lowest BCUT2D eigenvalue weighted by Crippen LogP contribution is -2.37. The second-order valence-electron chi connectivity index (χ2n) is 6.87. The van der Waals surface area contributed by atoms with Crippen LogP contribution in [0.2, 0.25) is 0 Å². The van der Waals surface area contributed by atoms with Gasteiger partial charge in [-0.25, -0.2) is 0 Å². The van der Waals surface area contributed by atoms with Gasteiger partial charge in [0.05, 0.1) is 11.6 Å². The Morgan fingerprint density at radius 2 is 1.82 bits per heavy atom. The third-order valence-electron chi connectivity index (χ3n) is 4.46. The van der Waals surface area contributed by atoms with Gasteiger partial charge >= 0.3 is 0 Å². The molecule has 28 heavy (non-hydrogen) atoms. The van der Waals surface area contributed by atoms with E-state index in [1.54, 1.807) is 0 Å². The number of carbonyl (C=O) groups is 1. The van der Waals surface area contributed by atoms with Crippen LogP contribution in [0, 0.1) is 0 Å². The molecule has 0 aliphatic rings. The fraction of sp³-hybridized carbons (Fsp3) is 0.286. The van der Waals surface area contributed by atoms with Crippen molar-refractivity contribution in [1.82, 2.24) is 9.47 Å². The largest absolute Gasteiger partial charge is 0.346 e. The summed E-state index contributed by atoms with van der Waals surface area (Å²) in [4.78, 5) is 14.6. The Kier molecular flexibility index (Phi) is 9.49. The Morgan fingerprint density at radius 3 is 2.50 bits per heavy atom. The summed E-state index contributed by atoms with van der Waals surface area (Å²) in [6, 6.07) is 17.3. The number of hydrogen-bond acceptors (Lipinski definition) is 3. The van der Waals surface area contributed by atoms with Gasteiger partial charge in [-0.2, -0.15) is 0 Å². The Hall–Kier alpha value is -2.05. The minimum absolute atomic E-state index is 0. The molecule has 1 atom stereocenters. The van der Waals surface area contributed by atoms with E-state index in [2.05, 4.69) is 41.1 Å². The van der Waals surface area contributed by atoms with E-state index in [9.17, 15) is 4.79 Å². The average molecular weight is 423 g/mol. The van der Waals surface area contributed by atoms with Crippen LogP contribution < -0.4 is 11.1 Å². The van der Waals surface area contributed by atoms with Crippen molar-refractivity contribution in [2.45, 2.75) is 19.0 Å². The Balaban J connectivity index is 0.00000196. The molecule has 0 fully saturated rings. The lowest BCUT2D eigenvalue weighted by atomic mass is 10.1. The van der Waals surface area contributed by atoms with Crippen LogP contribution in [-0.2, 0) is 17.8 Å². The normalized spacial score (nSPS) is 11.6. The molecule has 3 aromatic rings. The fourth-order valence-corrected chi connectivity index (χ4v) is 2.96. The molecule has 0 saturated heterocycles. The predicted molar refractivity (Wildman–Crippen MR) is 122 cm³/mol. The van der Waals surface area contributed by atoms with E-state index < -0.39 is 6.04 Å². The van der Waals surface area contributed by atoms with Gasteiger partial charge in [0.1, 0.15) is 0 Å². The van der Waals surface area contributed by atoms with Gasteiger partial charge < -0.3 is 20.5 Å². The van der Waals surface area contributed by atoms with Crippen LogP contribution in [0.15, 0.2) is 60.8 Å². The number of fused-ring (bicyclic) bond motifs is 1. The molecule has 1 heterocycles. The van der Waals surface area contributed by atoms with Crippen molar-refractivity contribution < 1.29 is 4.79 Å². The van der Waals surface area contributed by atoms with E-state index in [1.807, 2.05) is 48.5 Å². The first kappa shape index (κ1) is 24.0. The molecule has 7 heteroatoms. The molecule has 0 spiro atoms. The van der Waals surface area contributed by atoms with Crippen LogP contribution in [0.1, 0.15) is 5.56 Å². The van der Waals surface area contributed by atoms with Crippen molar-refractivity contribution in [3.8, 4) is 0 Å². The molecule has 1 amide bonds. The number of carbonyl (C=O) groups excluding carboxylic acids is 1. The highest BCUT2D eigenvalue weighted by Crippen LogP contribution is 2.21. The summed E-state index contributed by atoms with van der Waals surface area (Å²) in [5.41, 5.74) is 9.02. The number of nitrogens with two attached hydrogens (primary N) is 1. The zero-order valence-corrected chi connectivity index (χ0v) is 17.8. The second kappa shape index (κ2) is 11.1. The molecule has 0 saturated carbocycles. The number of amides is 1. The lowest BCUT2D eigenvalue weighted by molar-refractivity contribution is -0.117.